The van der Waals surface area contributed by atoms with Crippen LogP contribution in [0, 0.1) is 6.92 Å². The highest BCUT2D eigenvalue weighted by atomic mass is 16.5. The van der Waals surface area contributed by atoms with Crippen molar-refractivity contribution in [3.8, 4) is 5.75 Å². The number of hydrogen-bond acceptors (Lipinski definition) is 3. The van der Waals surface area contributed by atoms with Gasteiger partial charge in [-0.15, -0.1) is 6.58 Å². The van der Waals surface area contributed by atoms with Crippen molar-refractivity contribution in [1.82, 2.24) is 9.88 Å². The van der Waals surface area contributed by atoms with Gasteiger partial charge in [0.1, 0.15) is 5.75 Å². The van der Waals surface area contributed by atoms with Crippen molar-refractivity contribution in [2.45, 2.75) is 20.0 Å². The maximum atomic E-state index is 5.43. The second-order valence-corrected chi connectivity index (χ2v) is 5.04. The number of aryl methyl sites for hydroxylation is 1. The van der Waals surface area contributed by atoms with Gasteiger partial charge in [-0.1, -0.05) is 30.3 Å². The fourth-order valence-electron chi connectivity index (χ4n) is 2.36. The molecule has 1 aromatic heterocycles. The minimum Gasteiger partial charge on any atom is -0.496 e. The van der Waals surface area contributed by atoms with E-state index in [9.17, 15) is 0 Å². The van der Waals surface area contributed by atoms with E-state index in [1.807, 2.05) is 43.3 Å². The van der Waals surface area contributed by atoms with Gasteiger partial charge in [0, 0.05) is 30.9 Å². The van der Waals surface area contributed by atoms with Crippen LogP contribution in [-0.2, 0) is 13.1 Å². The van der Waals surface area contributed by atoms with Gasteiger partial charge in [-0.2, -0.15) is 0 Å². The summed E-state index contributed by atoms with van der Waals surface area (Å²) in [6.45, 7) is 8.29. The third-order valence-corrected chi connectivity index (χ3v) is 3.31. The van der Waals surface area contributed by atoms with Gasteiger partial charge in [-0.05, 0) is 25.1 Å². The molecule has 0 aliphatic carbocycles. The summed E-state index contributed by atoms with van der Waals surface area (Å²) >= 11 is 0. The Kier molecular flexibility index (Phi) is 5.52. The summed E-state index contributed by atoms with van der Waals surface area (Å²) in [7, 11) is 1.71. The van der Waals surface area contributed by atoms with E-state index in [1.165, 1.54) is 5.56 Å². The predicted octanol–water partition coefficient (Wildman–Crippen LogP) is 3.59. The molecule has 0 bridgehead atoms. The molecule has 0 aliphatic heterocycles. The predicted molar refractivity (Wildman–Crippen MR) is 86.3 cm³/mol. The summed E-state index contributed by atoms with van der Waals surface area (Å²) < 4.78 is 5.43. The van der Waals surface area contributed by atoms with Crippen molar-refractivity contribution < 1.29 is 4.74 Å². The number of para-hydroxylation sites is 1. The van der Waals surface area contributed by atoms with Gasteiger partial charge < -0.3 is 4.74 Å². The van der Waals surface area contributed by atoms with Crippen LogP contribution in [0.3, 0.4) is 0 Å². The van der Waals surface area contributed by atoms with Crippen LogP contribution in [0.5, 0.6) is 5.75 Å². The number of benzene rings is 1. The minimum absolute atomic E-state index is 0.797. The lowest BCUT2D eigenvalue weighted by Crippen LogP contribution is -2.23. The van der Waals surface area contributed by atoms with Gasteiger partial charge in [0.15, 0.2) is 0 Å². The third kappa shape index (κ3) is 4.43. The molecule has 1 heterocycles. The zero-order valence-corrected chi connectivity index (χ0v) is 12.7. The first-order chi connectivity index (χ1) is 10.2. The highest BCUT2D eigenvalue weighted by molar-refractivity contribution is 5.33. The van der Waals surface area contributed by atoms with E-state index in [2.05, 4.69) is 28.6 Å². The highest BCUT2D eigenvalue weighted by Gasteiger charge is 2.10. The zero-order chi connectivity index (χ0) is 15.1. The molecule has 0 saturated heterocycles. The molecule has 3 heteroatoms. The molecule has 0 unspecified atom stereocenters. The molecule has 110 valence electrons. The van der Waals surface area contributed by atoms with Gasteiger partial charge in [0.2, 0.25) is 0 Å². The number of methoxy groups -OCH3 is 1. The van der Waals surface area contributed by atoms with Crippen LogP contribution in [-0.4, -0.2) is 23.5 Å². The van der Waals surface area contributed by atoms with E-state index in [-0.39, 0.29) is 0 Å². The van der Waals surface area contributed by atoms with Gasteiger partial charge in [0.25, 0.3) is 0 Å². The first-order valence-electron chi connectivity index (χ1n) is 7.10. The van der Waals surface area contributed by atoms with Crippen LogP contribution in [0.15, 0.2) is 55.1 Å². The SMILES string of the molecule is C=CCN(Cc1cccc(C)n1)Cc1ccccc1OC. The Morgan fingerprint density at radius 3 is 2.67 bits per heavy atom. The molecular formula is C18H22N2O. The Labute approximate surface area is 126 Å². The van der Waals surface area contributed by atoms with Crippen LogP contribution < -0.4 is 4.74 Å². The topological polar surface area (TPSA) is 25.4 Å². The summed E-state index contributed by atoms with van der Waals surface area (Å²) in [4.78, 5) is 6.87. The lowest BCUT2D eigenvalue weighted by Gasteiger charge is -2.21. The van der Waals surface area contributed by atoms with Crippen LogP contribution >= 0.6 is 0 Å². The molecule has 0 fully saturated rings. The van der Waals surface area contributed by atoms with Crippen molar-refractivity contribution in [2.75, 3.05) is 13.7 Å². The number of nitrogens with zero attached hydrogens (tertiary/aromatic N) is 2. The maximum Gasteiger partial charge on any atom is 0.123 e. The zero-order valence-electron chi connectivity index (χ0n) is 12.7. The number of aromatic nitrogens is 1. The Hall–Kier alpha value is -2.13. The summed E-state index contributed by atoms with van der Waals surface area (Å²) in [5.41, 5.74) is 3.30. The molecular weight excluding hydrogens is 260 g/mol. The molecule has 0 amide bonds. The second-order valence-electron chi connectivity index (χ2n) is 5.04. The molecule has 2 aromatic rings. The average molecular weight is 282 g/mol. The van der Waals surface area contributed by atoms with E-state index in [0.29, 0.717) is 0 Å². The summed E-state index contributed by atoms with van der Waals surface area (Å²) in [5, 5.41) is 0. The molecule has 21 heavy (non-hydrogen) atoms. The second kappa shape index (κ2) is 7.60. The fraction of sp³-hybridized carbons (Fsp3) is 0.278. The molecule has 1 aromatic carbocycles. The average Bonchev–Trinajstić information content (AvgIpc) is 2.48. The van der Waals surface area contributed by atoms with Crippen molar-refractivity contribution in [3.63, 3.8) is 0 Å². The van der Waals surface area contributed by atoms with Gasteiger partial charge in [0.05, 0.1) is 12.8 Å². The number of pyridine rings is 1. The first kappa shape index (κ1) is 15.3. The smallest absolute Gasteiger partial charge is 0.123 e. The molecule has 0 aliphatic rings. The van der Waals surface area contributed by atoms with E-state index >= 15 is 0 Å². The number of ether oxygens (including phenoxy) is 1. The molecule has 3 nitrogen and oxygen atoms in total. The van der Waals surface area contributed by atoms with Gasteiger partial charge in [-0.3, -0.25) is 9.88 Å². The molecule has 0 radical (unpaired) electrons. The lowest BCUT2D eigenvalue weighted by molar-refractivity contribution is 0.276. The van der Waals surface area contributed by atoms with Crippen LogP contribution in [0.2, 0.25) is 0 Å². The summed E-state index contributed by atoms with van der Waals surface area (Å²) in [5.74, 6) is 0.920. The molecule has 0 spiro atoms. The standard InChI is InChI=1S/C18H22N2O/c1-4-12-20(14-17-10-7-8-15(2)19-17)13-16-9-5-6-11-18(16)21-3/h4-11H,1,12-14H2,2-3H3. The lowest BCUT2D eigenvalue weighted by atomic mass is 10.1. The van der Waals surface area contributed by atoms with Crippen molar-refractivity contribution in [1.29, 1.82) is 0 Å². The number of rotatable bonds is 7. The maximum absolute atomic E-state index is 5.43. The van der Waals surface area contributed by atoms with Crippen LogP contribution in [0.25, 0.3) is 0 Å². The number of hydrogen-bond donors (Lipinski definition) is 0. The summed E-state index contributed by atoms with van der Waals surface area (Å²) in [6, 6.07) is 14.2. The molecule has 0 atom stereocenters. The Balaban J connectivity index is 2.13. The van der Waals surface area contributed by atoms with Crippen LogP contribution in [0.4, 0.5) is 0 Å². The monoisotopic (exact) mass is 282 g/mol. The largest absolute Gasteiger partial charge is 0.496 e. The molecule has 0 saturated carbocycles. The van der Waals surface area contributed by atoms with Gasteiger partial charge in [-0.25, -0.2) is 0 Å². The quantitative estimate of drug-likeness (QED) is 0.726. The molecule has 0 N–H and O–H groups in total. The minimum atomic E-state index is 0.797. The Morgan fingerprint density at radius 1 is 1.14 bits per heavy atom. The third-order valence-electron chi connectivity index (χ3n) is 3.31. The fourth-order valence-corrected chi connectivity index (χ4v) is 2.36. The van der Waals surface area contributed by atoms with E-state index in [4.69, 9.17) is 4.74 Å². The van der Waals surface area contributed by atoms with Crippen molar-refractivity contribution in [2.24, 2.45) is 0 Å². The van der Waals surface area contributed by atoms with Crippen molar-refractivity contribution >= 4 is 0 Å². The molecule has 2 rings (SSSR count). The Bertz CT molecular complexity index is 595. The summed E-state index contributed by atoms with van der Waals surface area (Å²) in [6.07, 6.45) is 1.92. The van der Waals surface area contributed by atoms with Crippen molar-refractivity contribution in [3.05, 3.63) is 72.1 Å². The van der Waals surface area contributed by atoms with Gasteiger partial charge >= 0.3 is 0 Å². The van der Waals surface area contributed by atoms with E-state index < -0.39 is 0 Å². The highest BCUT2D eigenvalue weighted by Crippen LogP contribution is 2.20. The van der Waals surface area contributed by atoms with E-state index in [0.717, 1.165) is 36.8 Å². The first-order valence-corrected chi connectivity index (χ1v) is 7.10. The Morgan fingerprint density at radius 2 is 1.95 bits per heavy atom. The normalized spacial score (nSPS) is 10.6. The van der Waals surface area contributed by atoms with Crippen LogP contribution in [0.1, 0.15) is 17.0 Å². The van der Waals surface area contributed by atoms with E-state index in [1.54, 1.807) is 7.11 Å².